The van der Waals surface area contributed by atoms with Crippen LogP contribution in [0.1, 0.15) is 42.9 Å². The van der Waals surface area contributed by atoms with Crippen LogP contribution in [0.5, 0.6) is 11.5 Å². The molecule has 2 heterocycles. The van der Waals surface area contributed by atoms with Crippen molar-refractivity contribution in [3.8, 4) is 11.5 Å². The number of rotatable bonds is 3. The lowest BCUT2D eigenvalue weighted by Gasteiger charge is -2.48. The van der Waals surface area contributed by atoms with Gasteiger partial charge in [-0.3, -0.25) is 9.69 Å². The van der Waals surface area contributed by atoms with Gasteiger partial charge >= 0.3 is 6.09 Å². The fourth-order valence-electron chi connectivity index (χ4n) is 4.46. The number of hydrogen-bond donors (Lipinski definition) is 2. The summed E-state index contributed by atoms with van der Waals surface area (Å²) in [6.07, 6.45) is 3.57. The third kappa shape index (κ3) is 2.66. The molecular formula is C19H24N2O5. The van der Waals surface area contributed by atoms with Crippen LogP contribution in [0.2, 0.25) is 0 Å². The summed E-state index contributed by atoms with van der Waals surface area (Å²) in [6, 6.07) is 2.51. The highest BCUT2D eigenvalue weighted by Crippen LogP contribution is 2.42. The first-order valence-electron chi connectivity index (χ1n) is 9.19. The Bertz CT molecular complexity index is 746. The van der Waals surface area contributed by atoms with Crippen LogP contribution in [0.3, 0.4) is 0 Å². The van der Waals surface area contributed by atoms with Gasteiger partial charge < -0.3 is 19.8 Å². The largest absolute Gasteiger partial charge is 0.504 e. The molecule has 0 radical (unpaired) electrons. The molecule has 1 aliphatic carbocycles. The summed E-state index contributed by atoms with van der Waals surface area (Å²) >= 11 is 0. The monoisotopic (exact) mass is 360 g/mol. The number of phenolic OH excluding ortho intramolecular Hbond substituents is 1. The van der Waals surface area contributed by atoms with Crippen molar-refractivity contribution in [2.24, 2.45) is 5.92 Å². The number of aromatic hydroxyl groups is 1. The van der Waals surface area contributed by atoms with Crippen LogP contribution in [-0.4, -0.2) is 58.3 Å². The molecule has 2 aliphatic heterocycles. The first-order chi connectivity index (χ1) is 12.5. The van der Waals surface area contributed by atoms with Crippen LogP contribution in [0.4, 0.5) is 4.79 Å². The van der Waals surface area contributed by atoms with E-state index in [0.29, 0.717) is 31.1 Å². The number of carboxylic acid groups (broad SMARTS) is 1. The number of ether oxygens (including phenoxy) is 1. The Kier molecular flexibility index (Phi) is 4.17. The number of amides is 2. The molecule has 26 heavy (non-hydrogen) atoms. The third-order valence-electron chi connectivity index (χ3n) is 6.14. The minimum atomic E-state index is -1.04. The SMILES string of the molecule is COc1cc2c(cc1O)CCN1C(=O)[C@@H](CC3CCC3)N(C(=O)O)C[C@H]21. The van der Waals surface area contributed by atoms with Gasteiger partial charge in [0.2, 0.25) is 5.91 Å². The van der Waals surface area contributed by atoms with E-state index in [1.807, 2.05) is 4.90 Å². The van der Waals surface area contributed by atoms with Crippen LogP contribution in [0.15, 0.2) is 12.1 Å². The second-order valence-electron chi connectivity index (χ2n) is 7.50. The van der Waals surface area contributed by atoms with Gasteiger partial charge in [-0.25, -0.2) is 4.79 Å². The van der Waals surface area contributed by atoms with Gasteiger partial charge in [0.05, 0.1) is 13.2 Å². The standard InChI is InChI=1S/C19H24N2O5/c1-26-17-9-13-12(8-16(17)22)5-6-20-15(13)10-21(19(24)25)14(18(20)23)7-11-3-2-4-11/h8-9,11,14-15,22H,2-7,10H2,1H3,(H,24,25)/t14-,15-/m1/s1. The van der Waals surface area contributed by atoms with Crippen molar-refractivity contribution in [2.75, 3.05) is 20.2 Å². The van der Waals surface area contributed by atoms with Crippen molar-refractivity contribution in [1.82, 2.24) is 9.80 Å². The Labute approximate surface area is 152 Å². The Morgan fingerprint density at radius 2 is 2.12 bits per heavy atom. The molecule has 2 N–H and O–H groups in total. The van der Waals surface area contributed by atoms with E-state index in [0.717, 1.165) is 24.0 Å². The molecule has 1 saturated heterocycles. The van der Waals surface area contributed by atoms with Gasteiger partial charge in [0.1, 0.15) is 6.04 Å². The van der Waals surface area contributed by atoms with E-state index in [1.54, 1.807) is 12.1 Å². The summed E-state index contributed by atoms with van der Waals surface area (Å²) in [4.78, 5) is 28.1. The number of nitrogens with zero attached hydrogens (tertiary/aromatic N) is 2. The normalized spacial score (nSPS) is 25.3. The summed E-state index contributed by atoms with van der Waals surface area (Å²) in [5, 5.41) is 19.7. The molecule has 4 rings (SSSR count). The van der Waals surface area contributed by atoms with E-state index in [-0.39, 0.29) is 24.2 Å². The Hall–Kier alpha value is -2.44. The molecule has 2 atom stereocenters. The van der Waals surface area contributed by atoms with Crippen LogP contribution in [0, 0.1) is 5.92 Å². The van der Waals surface area contributed by atoms with E-state index in [4.69, 9.17) is 4.74 Å². The molecule has 0 unspecified atom stereocenters. The maximum Gasteiger partial charge on any atom is 0.408 e. The molecule has 1 aromatic carbocycles. The van der Waals surface area contributed by atoms with Crippen LogP contribution >= 0.6 is 0 Å². The summed E-state index contributed by atoms with van der Waals surface area (Å²) in [5.41, 5.74) is 1.81. The van der Waals surface area contributed by atoms with E-state index in [1.165, 1.54) is 18.4 Å². The molecule has 3 aliphatic rings. The number of carbonyl (C=O) groups is 2. The van der Waals surface area contributed by atoms with E-state index >= 15 is 0 Å². The van der Waals surface area contributed by atoms with Crippen molar-refractivity contribution in [3.63, 3.8) is 0 Å². The maximum absolute atomic E-state index is 13.1. The molecule has 7 heteroatoms. The summed E-state index contributed by atoms with van der Waals surface area (Å²) in [6.45, 7) is 0.816. The first-order valence-corrected chi connectivity index (χ1v) is 9.19. The molecule has 140 valence electrons. The highest BCUT2D eigenvalue weighted by atomic mass is 16.5. The number of piperazine rings is 1. The van der Waals surface area contributed by atoms with Gasteiger partial charge in [-0.05, 0) is 42.0 Å². The molecule has 7 nitrogen and oxygen atoms in total. The number of carbonyl (C=O) groups excluding carboxylic acids is 1. The zero-order valence-electron chi connectivity index (χ0n) is 14.9. The fraction of sp³-hybridized carbons (Fsp3) is 0.579. The second kappa shape index (κ2) is 6.37. The zero-order chi connectivity index (χ0) is 18.4. The first kappa shape index (κ1) is 17.0. The molecule has 1 aromatic rings. The zero-order valence-corrected chi connectivity index (χ0v) is 14.9. The Morgan fingerprint density at radius 3 is 2.73 bits per heavy atom. The molecule has 0 aromatic heterocycles. The molecule has 2 amide bonds. The Balaban J connectivity index is 1.67. The summed E-state index contributed by atoms with van der Waals surface area (Å²) < 4.78 is 5.20. The van der Waals surface area contributed by atoms with E-state index < -0.39 is 12.1 Å². The highest BCUT2D eigenvalue weighted by molar-refractivity contribution is 5.87. The van der Waals surface area contributed by atoms with Crippen LogP contribution in [0.25, 0.3) is 0 Å². The molecule has 1 saturated carbocycles. The molecule has 2 fully saturated rings. The summed E-state index contributed by atoms with van der Waals surface area (Å²) in [5.74, 6) is 0.779. The van der Waals surface area contributed by atoms with Gasteiger partial charge in [-0.2, -0.15) is 0 Å². The van der Waals surface area contributed by atoms with Crippen molar-refractivity contribution < 1.29 is 24.5 Å². The molecular weight excluding hydrogens is 336 g/mol. The molecule has 0 spiro atoms. The minimum Gasteiger partial charge on any atom is -0.504 e. The minimum absolute atomic E-state index is 0.0692. The lowest BCUT2D eigenvalue weighted by molar-refractivity contribution is -0.146. The van der Waals surface area contributed by atoms with Crippen LogP contribution in [-0.2, 0) is 11.2 Å². The van der Waals surface area contributed by atoms with Crippen molar-refractivity contribution in [3.05, 3.63) is 23.3 Å². The fourth-order valence-corrected chi connectivity index (χ4v) is 4.46. The van der Waals surface area contributed by atoms with E-state index in [9.17, 15) is 19.8 Å². The number of benzene rings is 1. The average molecular weight is 360 g/mol. The number of hydrogen-bond acceptors (Lipinski definition) is 4. The average Bonchev–Trinajstić information content (AvgIpc) is 2.58. The predicted molar refractivity (Wildman–Crippen MR) is 93.3 cm³/mol. The molecule has 0 bridgehead atoms. The smallest absolute Gasteiger partial charge is 0.408 e. The van der Waals surface area contributed by atoms with Crippen molar-refractivity contribution in [2.45, 2.75) is 44.2 Å². The summed E-state index contributed by atoms with van der Waals surface area (Å²) in [7, 11) is 1.48. The van der Waals surface area contributed by atoms with Crippen LogP contribution < -0.4 is 4.74 Å². The van der Waals surface area contributed by atoms with Crippen molar-refractivity contribution in [1.29, 1.82) is 0 Å². The number of fused-ring (bicyclic) bond motifs is 3. The number of methoxy groups -OCH3 is 1. The quantitative estimate of drug-likeness (QED) is 0.864. The second-order valence-corrected chi connectivity index (χ2v) is 7.50. The van der Waals surface area contributed by atoms with Crippen molar-refractivity contribution >= 4 is 12.0 Å². The van der Waals surface area contributed by atoms with Gasteiger partial charge in [0, 0.05) is 13.1 Å². The van der Waals surface area contributed by atoms with Gasteiger partial charge in [0.15, 0.2) is 11.5 Å². The van der Waals surface area contributed by atoms with Gasteiger partial charge in [-0.1, -0.05) is 19.3 Å². The lowest BCUT2D eigenvalue weighted by atomic mass is 9.79. The maximum atomic E-state index is 13.1. The van der Waals surface area contributed by atoms with Gasteiger partial charge in [-0.15, -0.1) is 0 Å². The lowest BCUT2D eigenvalue weighted by Crippen LogP contribution is -2.61. The topological polar surface area (TPSA) is 90.3 Å². The number of phenols is 1. The van der Waals surface area contributed by atoms with Gasteiger partial charge in [0.25, 0.3) is 0 Å². The predicted octanol–water partition coefficient (Wildman–Crippen LogP) is 2.38. The third-order valence-corrected chi connectivity index (χ3v) is 6.14. The highest BCUT2D eigenvalue weighted by Gasteiger charge is 2.46. The Morgan fingerprint density at radius 1 is 1.35 bits per heavy atom. The van der Waals surface area contributed by atoms with E-state index in [2.05, 4.69) is 0 Å².